The summed E-state index contributed by atoms with van der Waals surface area (Å²) in [6.45, 7) is 3.08. The molecule has 0 heterocycles. The minimum absolute atomic E-state index is 0.158. The van der Waals surface area contributed by atoms with Gasteiger partial charge in [0, 0.05) is 6.04 Å². The van der Waals surface area contributed by atoms with Crippen molar-refractivity contribution in [1.29, 1.82) is 0 Å². The Morgan fingerprint density at radius 1 is 1.00 bits per heavy atom. The van der Waals surface area contributed by atoms with Crippen LogP contribution in [-0.4, -0.2) is 12.6 Å². The summed E-state index contributed by atoms with van der Waals surface area (Å²) in [5.41, 5.74) is 2.38. The van der Waals surface area contributed by atoms with Gasteiger partial charge in [-0.15, -0.1) is 0 Å². The topological polar surface area (TPSA) is 12.0 Å². The molecular formula is C17H20FN. The Bertz CT molecular complexity index is 496. The molecule has 2 aromatic carbocycles. The number of hydrogen-bond acceptors (Lipinski definition) is 1. The Balaban J connectivity index is 1.74. The Hall–Kier alpha value is -1.67. The van der Waals surface area contributed by atoms with Crippen molar-refractivity contribution in [2.75, 3.05) is 6.54 Å². The molecule has 19 heavy (non-hydrogen) atoms. The zero-order chi connectivity index (χ0) is 13.5. The zero-order valence-corrected chi connectivity index (χ0v) is 11.3. The van der Waals surface area contributed by atoms with Gasteiger partial charge in [0.25, 0.3) is 0 Å². The Labute approximate surface area is 114 Å². The van der Waals surface area contributed by atoms with Crippen molar-refractivity contribution in [2.45, 2.75) is 25.8 Å². The van der Waals surface area contributed by atoms with Crippen LogP contribution in [0.4, 0.5) is 4.39 Å². The van der Waals surface area contributed by atoms with Crippen molar-refractivity contribution < 1.29 is 4.39 Å². The van der Waals surface area contributed by atoms with Crippen molar-refractivity contribution >= 4 is 0 Å². The van der Waals surface area contributed by atoms with Crippen LogP contribution in [0.15, 0.2) is 54.6 Å². The Morgan fingerprint density at radius 2 is 1.74 bits per heavy atom. The van der Waals surface area contributed by atoms with E-state index in [9.17, 15) is 4.39 Å². The molecule has 2 heteroatoms. The summed E-state index contributed by atoms with van der Waals surface area (Å²) in [6, 6.07) is 17.6. The average Bonchev–Trinajstić information content (AvgIpc) is 2.40. The molecular weight excluding hydrogens is 237 g/mol. The van der Waals surface area contributed by atoms with E-state index in [-0.39, 0.29) is 5.82 Å². The van der Waals surface area contributed by atoms with E-state index in [2.05, 4.69) is 36.5 Å². The standard InChI is InChI=1S/C17H20FN/c1-14(12-16-8-5-9-17(18)13-16)19-11-10-15-6-3-2-4-7-15/h2-9,13-14,19H,10-12H2,1H3. The second-order valence-electron chi connectivity index (χ2n) is 4.92. The quantitative estimate of drug-likeness (QED) is 0.834. The minimum atomic E-state index is -0.158. The van der Waals surface area contributed by atoms with Crippen LogP contribution in [0.5, 0.6) is 0 Å². The van der Waals surface area contributed by atoms with Gasteiger partial charge in [0.2, 0.25) is 0 Å². The molecule has 2 rings (SSSR count). The van der Waals surface area contributed by atoms with Gasteiger partial charge < -0.3 is 5.32 Å². The molecule has 0 aromatic heterocycles. The monoisotopic (exact) mass is 257 g/mol. The number of benzene rings is 2. The van der Waals surface area contributed by atoms with E-state index < -0.39 is 0 Å². The molecule has 0 aliphatic rings. The second kappa shape index (κ2) is 7.05. The molecule has 0 aliphatic carbocycles. The molecule has 0 amide bonds. The number of rotatable bonds is 6. The highest BCUT2D eigenvalue weighted by Gasteiger charge is 2.03. The van der Waals surface area contributed by atoms with Gasteiger partial charge in [-0.05, 0) is 49.6 Å². The molecule has 1 nitrogen and oxygen atoms in total. The van der Waals surface area contributed by atoms with E-state index in [1.165, 1.54) is 11.6 Å². The molecule has 1 atom stereocenters. The van der Waals surface area contributed by atoms with E-state index in [1.54, 1.807) is 12.1 Å². The lowest BCUT2D eigenvalue weighted by molar-refractivity contribution is 0.546. The highest BCUT2D eigenvalue weighted by molar-refractivity contribution is 5.17. The van der Waals surface area contributed by atoms with E-state index in [0.29, 0.717) is 6.04 Å². The summed E-state index contributed by atoms with van der Waals surface area (Å²) in [5, 5.41) is 3.48. The van der Waals surface area contributed by atoms with E-state index in [1.807, 2.05) is 12.1 Å². The molecule has 1 unspecified atom stereocenters. The lowest BCUT2D eigenvalue weighted by Gasteiger charge is -2.14. The predicted octanol–water partition coefficient (Wildman–Crippen LogP) is 3.59. The first kappa shape index (κ1) is 13.8. The molecule has 0 saturated carbocycles. The molecule has 0 bridgehead atoms. The first-order valence-electron chi connectivity index (χ1n) is 6.76. The summed E-state index contributed by atoms with van der Waals surface area (Å²) in [7, 11) is 0. The number of halogens is 1. The maximum Gasteiger partial charge on any atom is 0.123 e. The molecule has 1 N–H and O–H groups in total. The highest BCUT2D eigenvalue weighted by atomic mass is 19.1. The van der Waals surface area contributed by atoms with Crippen molar-refractivity contribution in [3.63, 3.8) is 0 Å². The summed E-state index contributed by atoms with van der Waals surface area (Å²) >= 11 is 0. The van der Waals surface area contributed by atoms with Crippen molar-refractivity contribution in [3.05, 3.63) is 71.5 Å². The van der Waals surface area contributed by atoms with Crippen molar-refractivity contribution in [1.82, 2.24) is 5.32 Å². The molecule has 0 saturated heterocycles. The fraction of sp³-hybridized carbons (Fsp3) is 0.294. The molecule has 2 aromatic rings. The fourth-order valence-corrected chi connectivity index (χ4v) is 2.20. The van der Waals surface area contributed by atoms with Gasteiger partial charge in [-0.3, -0.25) is 0 Å². The molecule has 0 fully saturated rings. The van der Waals surface area contributed by atoms with Crippen LogP contribution in [0.1, 0.15) is 18.1 Å². The second-order valence-corrected chi connectivity index (χ2v) is 4.92. The molecule has 100 valence electrons. The van der Waals surface area contributed by atoms with Crippen LogP contribution in [0.2, 0.25) is 0 Å². The van der Waals surface area contributed by atoms with E-state index in [0.717, 1.165) is 24.9 Å². The number of nitrogens with one attached hydrogen (secondary N) is 1. The van der Waals surface area contributed by atoms with Crippen LogP contribution >= 0.6 is 0 Å². The molecule has 0 spiro atoms. The van der Waals surface area contributed by atoms with Gasteiger partial charge in [0.05, 0.1) is 0 Å². The van der Waals surface area contributed by atoms with Gasteiger partial charge in [0.1, 0.15) is 5.82 Å². The lowest BCUT2D eigenvalue weighted by Crippen LogP contribution is -2.30. The maximum atomic E-state index is 13.1. The summed E-state index contributed by atoms with van der Waals surface area (Å²) in [6.07, 6.45) is 1.88. The fourth-order valence-electron chi connectivity index (χ4n) is 2.20. The van der Waals surface area contributed by atoms with E-state index >= 15 is 0 Å². The third kappa shape index (κ3) is 4.84. The average molecular weight is 257 g/mol. The van der Waals surface area contributed by atoms with Crippen molar-refractivity contribution in [2.24, 2.45) is 0 Å². The molecule has 0 aliphatic heterocycles. The first-order valence-corrected chi connectivity index (χ1v) is 6.76. The van der Waals surface area contributed by atoms with Gasteiger partial charge in [0.15, 0.2) is 0 Å². The maximum absolute atomic E-state index is 13.1. The summed E-state index contributed by atoms with van der Waals surface area (Å²) in [5.74, 6) is -0.158. The van der Waals surface area contributed by atoms with Gasteiger partial charge in [-0.1, -0.05) is 42.5 Å². The predicted molar refractivity (Wildman–Crippen MR) is 77.7 cm³/mol. The van der Waals surface area contributed by atoms with E-state index in [4.69, 9.17) is 0 Å². The lowest BCUT2D eigenvalue weighted by atomic mass is 10.1. The molecule has 0 radical (unpaired) electrons. The summed E-state index contributed by atoms with van der Waals surface area (Å²) < 4.78 is 13.1. The van der Waals surface area contributed by atoms with Crippen LogP contribution < -0.4 is 5.32 Å². The minimum Gasteiger partial charge on any atom is -0.314 e. The van der Waals surface area contributed by atoms with Crippen LogP contribution in [0.25, 0.3) is 0 Å². The third-order valence-corrected chi connectivity index (χ3v) is 3.18. The Kier molecular flexibility index (Phi) is 5.10. The van der Waals surface area contributed by atoms with Gasteiger partial charge in [-0.25, -0.2) is 4.39 Å². The van der Waals surface area contributed by atoms with Crippen LogP contribution in [0, 0.1) is 5.82 Å². The Morgan fingerprint density at radius 3 is 2.47 bits per heavy atom. The van der Waals surface area contributed by atoms with Gasteiger partial charge in [-0.2, -0.15) is 0 Å². The van der Waals surface area contributed by atoms with Gasteiger partial charge >= 0.3 is 0 Å². The third-order valence-electron chi connectivity index (χ3n) is 3.18. The highest BCUT2D eigenvalue weighted by Crippen LogP contribution is 2.06. The smallest absolute Gasteiger partial charge is 0.123 e. The van der Waals surface area contributed by atoms with Crippen LogP contribution in [-0.2, 0) is 12.8 Å². The van der Waals surface area contributed by atoms with Crippen molar-refractivity contribution in [3.8, 4) is 0 Å². The summed E-state index contributed by atoms with van der Waals surface area (Å²) in [4.78, 5) is 0. The van der Waals surface area contributed by atoms with Crippen LogP contribution in [0.3, 0.4) is 0 Å². The normalized spacial score (nSPS) is 12.3. The zero-order valence-electron chi connectivity index (χ0n) is 11.3. The SMILES string of the molecule is CC(Cc1cccc(F)c1)NCCc1ccccc1. The first-order chi connectivity index (χ1) is 9.24. The largest absolute Gasteiger partial charge is 0.314 e. The number of hydrogen-bond donors (Lipinski definition) is 1.